The van der Waals surface area contributed by atoms with Crippen molar-refractivity contribution in [3.63, 3.8) is 0 Å². The number of benzene rings is 1. The SMILES string of the molecule is Cc1cc([N+](=O)[O-])ccc1N[C@@H]1O[C@@H](CO)[C@@H](O)[C@H]1O. The van der Waals surface area contributed by atoms with Gasteiger partial charge in [-0.25, -0.2) is 0 Å². The molecule has 8 nitrogen and oxygen atoms in total. The minimum atomic E-state index is -1.19. The Hall–Kier alpha value is -1.74. The van der Waals surface area contributed by atoms with Gasteiger partial charge in [0.1, 0.15) is 18.3 Å². The van der Waals surface area contributed by atoms with E-state index in [2.05, 4.69) is 5.32 Å². The van der Waals surface area contributed by atoms with Crippen molar-refractivity contribution in [2.24, 2.45) is 0 Å². The zero-order valence-corrected chi connectivity index (χ0v) is 10.8. The molecule has 1 aliphatic heterocycles. The number of ether oxygens (including phenoxy) is 1. The van der Waals surface area contributed by atoms with Crippen molar-refractivity contribution in [3.8, 4) is 0 Å². The van der Waals surface area contributed by atoms with Gasteiger partial charge in [0, 0.05) is 17.8 Å². The van der Waals surface area contributed by atoms with E-state index in [0.29, 0.717) is 11.3 Å². The first kappa shape index (κ1) is 14.7. The van der Waals surface area contributed by atoms with Crippen LogP contribution in [-0.2, 0) is 4.74 Å². The van der Waals surface area contributed by atoms with Crippen LogP contribution in [0.4, 0.5) is 11.4 Å². The molecule has 1 aromatic rings. The Labute approximate surface area is 114 Å². The highest BCUT2D eigenvalue weighted by Crippen LogP contribution is 2.26. The molecule has 0 aliphatic carbocycles. The Bertz CT molecular complexity index is 509. The topological polar surface area (TPSA) is 125 Å². The van der Waals surface area contributed by atoms with Crippen molar-refractivity contribution < 1.29 is 25.0 Å². The molecule has 0 saturated carbocycles. The normalized spacial score (nSPS) is 29.4. The fourth-order valence-corrected chi connectivity index (χ4v) is 2.10. The summed E-state index contributed by atoms with van der Waals surface area (Å²) >= 11 is 0. The van der Waals surface area contributed by atoms with Gasteiger partial charge in [0.2, 0.25) is 0 Å². The third kappa shape index (κ3) is 2.73. The molecule has 0 radical (unpaired) electrons. The Morgan fingerprint density at radius 3 is 2.60 bits per heavy atom. The van der Waals surface area contributed by atoms with Crippen molar-refractivity contribution in [2.75, 3.05) is 11.9 Å². The van der Waals surface area contributed by atoms with Crippen LogP contribution in [0.3, 0.4) is 0 Å². The largest absolute Gasteiger partial charge is 0.394 e. The third-order valence-corrected chi connectivity index (χ3v) is 3.26. The van der Waals surface area contributed by atoms with Crippen molar-refractivity contribution in [2.45, 2.75) is 31.5 Å². The zero-order valence-electron chi connectivity index (χ0n) is 10.8. The lowest BCUT2D eigenvalue weighted by molar-refractivity contribution is -0.384. The van der Waals surface area contributed by atoms with E-state index in [-0.39, 0.29) is 5.69 Å². The molecule has 1 heterocycles. The van der Waals surface area contributed by atoms with Crippen molar-refractivity contribution in [1.82, 2.24) is 0 Å². The molecular formula is C12H16N2O6. The van der Waals surface area contributed by atoms with Gasteiger partial charge >= 0.3 is 0 Å². The van der Waals surface area contributed by atoms with Crippen LogP contribution in [0.15, 0.2) is 18.2 Å². The predicted molar refractivity (Wildman–Crippen MR) is 69.2 cm³/mol. The van der Waals surface area contributed by atoms with E-state index < -0.39 is 36.1 Å². The van der Waals surface area contributed by atoms with E-state index in [0.717, 1.165) is 0 Å². The first-order valence-corrected chi connectivity index (χ1v) is 6.08. The van der Waals surface area contributed by atoms with Crippen LogP contribution in [0.25, 0.3) is 0 Å². The second kappa shape index (κ2) is 5.71. The van der Waals surface area contributed by atoms with Crippen LogP contribution in [0.2, 0.25) is 0 Å². The highest BCUT2D eigenvalue weighted by atomic mass is 16.6. The van der Waals surface area contributed by atoms with Crippen molar-refractivity contribution >= 4 is 11.4 Å². The van der Waals surface area contributed by atoms with E-state index in [4.69, 9.17) is 9.84 Å². The Kier molecular flexibility index (Phi) is 4.19. The van der Waals surface area contributed by atoms with E-state index in [9.17, 15) is 20.3 Å². The quantitative estimate of drug-likeness (QED) is 0.444. The molecule has 4 N–H and O–H groups in total. The molecule has 0 spiro atoms. The number of anilines is 1. The Morgan fingerprint density at radius 2 is 2.10 bits per heavy atom. The number of rotatable bonds is 4. The molecule has 0 unspecified atom stereocenters. The fraction of sp³-hybridized carbons (Fsp3) is 0.500. The summed E-state index contributed by atoms with van der Waals surface area (Å²) in [6, 6.07) is 4.22. The molecular weight excluding hydrogens is 268 g/mol. The molecule has 8 heteroatoms. The first-order chi connectivity index (χ1) is 9.43. The lowest BCUT2D eigenvalue weighted by Gasteiger charge is -2.19. The summed E-state index contributed by atoms with van der Waals surface area (Å²) < 4.78 is 5.28. The average molecular weight is 284 g/mol. The summed E-state index contributed by atoms with van der Waals surface area (Å²) in [4.78, 5) is 10.1. The van der Waals surface area contributed by atoms with Gasteiger partial charge in [-0.1, -0.05) is 0 Å². The summed E-state index contributed by atoms with van der Waals surface area (Å²) in [5.74, 6) is 0. The maximum Gasteiger partial charge on any atom is 0.269 e. The molecule has 0 bridgehead atoms. The highest BCUT2D eigenvalue weighted by molar-refractivity contribution is 5.55. The third-order valence-electron chi connectivity index (χ3n) is 3.26. The first-order valence-electron chi connectivity index (χ1n) is 6.08. The van der Waals surface area contributed by atoms with Crippen LogP contribution < -0.4 is 5.32 Å². The number of aliphatic hydroxyl groups is 3. The standard InChI is InChI=1S/C12H16N2O6/c1-6-4-7(14(18)19)2-3-8(6)13-12-11(17)10(16)9(5-15)20-12/h2-4,9-13,15-17H,5H2,1H3/t9-,10+,11+,12+/m0/s1. The molecule has 2 rings (SSSR count). The highest BCUT2D eigenvalue weighted by Gasteiger charge is 2.42. The number of nitrogens with zero attached hydrogens (tertiary/aromatic N) is 1. The van der Waals surface area contributed by atoms with Gasteiger partial charge in [-0.2, -0.15) is 0 Å². The summed E-state index contributed by atoms with van der Waals surface area (Å²) in [5.41, 5.74) is 1.12. The Balaban J connectivity index is 2.13. The van der Waals surface area contributed by atoms with E-state index in [1.54, 1.807) is 6.92 Å². The summed E-state index contributed by atoms with van der Waals surface area (Å²) in [6.45, 7) is 1.27. The number of non-ortho nitro benzene ring substituents is 1. The van der Waals surface area contributed by atoms with Gasteiger partial charge in [0.25, 0.3) is 5.69 Å². The van der Waals surface area contributed by atoms with Gasteiger partial charge in [-0.15, -0.1) is 0 Å². The van der Waals surface area contributed by atoms with Gasteiger partial charge < -0.3 is 25.4 Å². The van der Waals surface area contributed by atoms with E-state index >= 15 is 0 Å². The number of nitro groups is 1. The number of aliphatic hydroxyl groups excluding tert-OH is 3. The van der Waals surface area contributed by atoms with Crippen LogP contribution in [0, 0.1) is 17.0 Å². The number of aryl methyl sites for hydroxylation is 1. The van der Waals surface area contributed by atoms with Crippen LogP contribution in [0.5, 0.6) is 0 Å². The molecule has 1 aliphatic rings. The molecule has 1 fully saturated rings. The maximum absolute atomic E-state index is 10.6. The molecule has 110 valence electrons. The second-order valence-corrected chi connectivity index (χ2v) is 4.66. The molecule has 20 heavy (non-hydrogen) atoms. The van der Waals surface area contributed by atoms with E-state index in [1.807, 2.05) is 0 Å². The summed E-state index contributed by atoms with van der Waals surface area (Å²) in [5, 5.41) is 41.9. The molecule has 1 saturated heterocycles. The minimum absolute atomic E-state index is 0.0331. The fourth-order valence-electron chi connectivity index (χ4n) is 2.10. The number of hydrogen-bond donors (Lipinski definition) is 4. The molecule has 0 amide bonds. The molecule has 4 atom stereocenters. The zero-order chi connectivity index (χ0) is 14.9. The second-order valence-electron chi connectivity index (χ2n) is 4.66. The molecule has 1 aromatic carbocycles. The molecule has 0 aromatic heterocycles. The lowest BCUT2D eigenvalue weighted by atomic mass is 10.1. The van der Waals surface area contributed by atoms with Gasteiger partial charge in [-0.05, 0) is 18.6 Å². The van der Waals surface area contributed by atoms with Crippen molar-refractivity contribution in [1.29, 1.82) is 0 Å². The summed E-state index contributed by atoms with van der Waals surface area (Å²) in [6.07, 6.45) is -4.12. The van der Waals surface area contributed by atoms with Crippen molar-refractivity contribution in [3.05, 3.63) is 33.9 Å². The number of hydrogen-bond acceptors (Lipinski definition) is 7. The van der Waals surface area contributed by atoms with Crippen LogP contribution in [0.1, 0.15) is 5.56 Å². The van der Waals surface area contributed by atoms with E-state index in [1.165, 1.54) is 18.2 Å². The predicted octanol–water partition coefficient (Wildman–Crippen LogP) is -0.246. The number of nitrogens with one attached hydrogen (secondary N) is 1. The van der Waals surface area contributed by atoms with Gasteiger partial charge in [0.15, 0.2) is 6.23 Å². The minimum Gasteiger partial charge on any atom is -0.394 e. The van der Waals surface area contributed by atoms with Crippen LogP contribution in [-0.4, -0.2) is 51.4 Å². The smallest absolute Gasteiger partial charge is 0.269 e. The van der Waals surface area contributed by atoms with Gasteiger partial charge in [0.05, 0.1) is 11.5 Å². The average Bonchev–Trinajstić information content (AvgIpc) is 2.68. The monoisotopic (exact) mass is 284 g/mol. The Morgan fingerprint density at radius 1 is 1.40 bits per heavy atom. The lowest BCUT2D eigenvalue weighted by Crippen LogP contribution is -2.36. The summed E-state index contributed by atoms with van der Waals surface area (Å²) in [7, 11) is 0. The van der Waals surface area contributed by atoms with Crippen LogP contribution >= 0.6 is 0 Å². The number of nitro benzene ring substituents is 1. The van der Waals surface area contributed by atoms with Gasteiger partial charge in [-0.3, -0.25) is 10.1 Å². The maximum atomic E-state index is 10.6.